The molecule has 4 rings (SSSR count). The van der Waals surface area contributed by atoms with Crippen LogP contribution in [-0.2, 0) is 16.1 Å². The van der Waals surface area contributed by atoms with Crippen LogP contribution in [0.15, 0.2) is 12.1 Å². The van der Waals surface area contributed by atoms with Crippen molar-refractivity contribution < 1.29 is 9.53 Å². The molecule has 3 heterocycles. The van der Waals surface area contributed by atoms with Crippen LogP contribution >= 0.6 is 11.3 Å². The lowest BCUT2D eigenvalue weighted by Gasteiger charge is -2.40. The van der Waals surface area contributed by atoms with Gasteiger partial charge < -0.3 is 10.1 Å². The van der Waals surface area contributed by atoms with Crippen molar-refractivity contribution in [3.63, 3.8) is 0 Å². The van der Waals surface area contributed by atoms with Crippen LogP contribution in [0.1, 0.15) is 35.4 Å². The lowest BCUT2D eigenvalue weighted by molar-refractivity contribution is -0.129. The summed E-state index contributed by atoms with van der Waals surface area (Å²) in [5, 5.41) is 3.17. The van der Waals surface area contributed by atoms with Crippen LogP contribution in [0.25, 0.3) is 0 Å². The maximum atomic E-state index is 12.4. The van der Waals surface area contributed by atoms with Gasteiger partial charge in [0.25, 0.3) is 0 Å². The molecule has 4 nitrogen and oxygen atoms in total. The summed E-state index contributed by atoms with van der Waals surface area (Å²) in [5.41, 5.74) is 0. The summed E-state index contributed by atoms with van der Waals surface area (Å²) in [6.45, 7) is 4.82. The minimum atomic E-state index is 0.0843. The molecule has 2 saturated heterocycles. The van der Waals surface area contributed by atoms with Crippen LogP contribution in [0, 0.1) is 12.8 Å². The maximum absolute atomic E-state index is 12.4. The van der Waals surface area contributed by atoms with Gasteiger partial charge >= 0.3 is 0 Å². The standard InChI is InChI=1S/C17H24N2O2S/c1-11-2-5-14(22-11)10-19-9-12(17(20)18-13-3-4-13)8-16-15(19)6-7-21-16/h2,5,12-13,15-16H,3-4,6-10H2,1H3,(H,18,20)/t12-,15+,16+/m1/s1. The van der Waals surface area contributed by atoms with Crippen LogP contribution < -0.4 is 5.32 Å². The van der Waals surface area contributed by atoms with Crippen molar-refractivity contribution in [1.29, 1.82) is 0 Å². The van der Waals surface area contributed by atoms with Gasteiger partial charge in [-0.1, -0.05) is 0 Å². The second kappa shape index (κ2) is 5.95. The van der Waals surface area contributed by atoms with Crippen LogP contribution in [0.4, 0.5) is 0 Å². The Bertz CT molecular complexity index is 555. The normalized spacial score (nSPS) is 32.0. The highest BCUT2D eigenvalue weighted by molar-refractivity contribution is 7.11. The highest BCUT2D eigenvalue weighted by atomic mass is 32.1. The summed E-state index contributed by atoms with van der Waals surface area (Å²) in [5.74, 6) is 0.324. The molecular weight excluding hydrogens is 296 g/mol. The van der Waals surface area contributed by atoms with Crippen LogP contribution in [0.5, 0.6) is 0 Å². The zero-order valence-electron chi connectivity index (χ0n) is 13.1. The molecule has 1 amide bonds. The summed E-state index contributed by atoms with van der Waals surface area (Å²) < 4.78 is 5.91. The predicted molar refractivity (Wildman–Crippen MR) is 86.9 cm³/mol. The number of amides is 1. The minimum Gasteiger partial charge on any atom is -0.377 e. The Kier molecular flexibility index (Phi) is 3.96. The van der Waals surface area contributed by atoms with E-state index in [1.54, 1.807) is 0 Å². The van der Waals surface area contributed by atoms with Gasteiger partial charge in [-0.2, -0.15) is 0 Å². The van der Waals surface area contributed by atoms with Crippen LogP contribution in [-0.4, -0.2) is 42.1 Å². The Morgan fingerprint density at radius 2 is 2.27 bits per heavy atom. The van der Waals surface area contributed by atoms with Crippen molar-refractivity contribution in [2.75, 3.05) is 13.2 Å². The number of aryl methyl sites for hydroxylation is 1. The fraction of sp³-hybridized carbons (Fsp3) is 0.706. The number of thiophene rings is 1. The Labute approximate surface area is 135 Å². The second-order valence-electron chi connectivity index (χ2n) is 6.92. The number of nitrogens with one attached hydrogen (secondary N) is 1. The van der Waals surface area contributed by atoms with Crippen molar-refractivity contribution in [2.24, 2.45) is 5.92 Å². The lowest BCUT2D eigenvalue weighted by Crippen LogP contribution is -2.52. The molecule has 0 bridgehead atoms. The van der Waals surface area contributed by atoms with E-state index in [0.29, 0.717) is 12.1 Å². The molecule has 0 spiro atoms. The topological polar surface area (TPSA) is 41.6 Å². The molecule has 1 aliphatic carbocycles. The maximum Gasteiger partial charge on any atom is 0.224 e. The molecule has 2 aliphatic heterocycles. The van der Waals surface area contributed by atoms with Crippen molar-refractivity contribution in [1.82, 2.24) is 10.2 Å². The molecule has 1 N–H and O–H groups in total. The second-order valence-corrected chi connectivity index (χ2v) is 8.30. The first-order chi connectivity index (χ1) is 10.7. The van der Waals surface area contributed by atoms with Gasteiger partial charge in [-0.3, -0.25) is 9.69 Å². The molecule has 0 unspecified atom stereocenters. The van der Waals surface area contributed by atoms with Gasteiger partial charge in [0, 0.05) is 41.5 Å². The Morgan fingerprint density at radius 1 is 1.41 bits per heavy atom. The van der Waals surface area contributed by atoms with E-state index in [4.69, 9.17) is 4.74 Å². The third-order valence-corrected chi connectivity index (χ3v) is 6.05. The monoisotopic (exact) mass is 320 g/mol. The summed E-state index contributed by atoms with van der Waals surface area (Å²) in [6, 6.07) is 5.35. The third-order valence-electron chi connectivity index (χ3n) is 5.06. The molecule has 120 valence electrons. The Morgan fingerprint density at radius 3 is 3.00 bits per heavy atom. The van der Waals surface area contributed by atoms with E-state index >= 15 is 0 Å². The molecule has 3 atom stereocenters. The number of nitrogens with zero attached hydrogens (tertiary/aromatic N) is 1. The highest BCUT2D eigenvalue weighted by Gasteiger charge is 2.42. The largest absolute Gasteiger partial charge is 0.377 e. The van der Waals surface area contributed by atoms with Gasteiger partial charge in [0.2, 0.25) is 5.91 Å². The van der Waals surface area contributed by atoms with Gasteiger partial charge in [-0.05, 0) is 44.7 Å². The van der Waals surface area contributed by atoms with E-state index in [1.807, 2.05) is 11.3 Å². The molecule has 1 saturated carbocycles. The summed E-state index contributed by atoms with van der Waals surface area (Å²) >= 11 is 1.86. The van der Waals surface area contributed by atoms with Crippen molar-refractivity contribution in [3.05, 3.63) is 21.9 Å². The zero-order valence-corrected chi connectivity index (χ0v) is 13.9. The van der Waals surface area contributed by atoms with E-state index in [1.165, 1.54) is 9.75 Å². The number of carbonyl (C=O) groups excluding carboxylic acids is 1. The van der Waals surface area contributed by atoms with E-state index < -0.39 is 0 Å². The SMILES string of the molecule is Cc1ccc(CN2C[C@H](C(=O)NC3CC3)C[C@@H]3OCC[C@@H]32)s1. The van der Waals surface area contributed by atoms with E-state index in [-0.39, 0.29) is 17.9 Å². The van der Waals surface area contributed by atoms with Crippen molar-refractivity contribution >= 4 is 17.2 Å². The average Bonchev–Trinajstić information content (AvgIpc) is 3.01. The summed E-state index contributed by atoms with van der Waals surface area (Å²) in [7, 11) is 0. The number of likely N-dealkylation sites (tertiary alicyclic amines) is 1. The van der Waals surface area contributed by atoms with Gasteiger partial charge in [-0.15, -0.1) is 11.3 Å². The smallest absolute Gasteiger partial charge is 0.224 e. The molecule has 3 fully saturated rings. The van der Waals surface area contributed by atoms with Gasteiger partial charge in [0.05, 0.1) is 12.0 Å². The van der Waals surface area contributed by atoms with E-state index in [2.05, 4.69) is 29.3 Å². The van der Waals surface area contributed by atoms with Crippen molar-refractivity contribution in [2.45, 2.75) is 57.3 Å². The first-order valence-corrected chi connectivity index (χ1v) is 9.22. The predicted octanol–water partition coefficient (Wildman–Crippen LogP) is 2.31. The van der Waals surface area contributed by atoms with E-state index in [9.17, 15) is 4.79 Å². The fourth-order valence-electron chi connectivity index (χ4n) is 3.74. The Balaban J connectivity index is 1.46. The average molecular weight is 320 g/mol. The minimum absolute atomic E-state index is 0.0843. The first-order valence-electron chi connectivity index (χ1n) is 8.40. The quantitative estimate of drug-likeness (QED) is 0.926. The number of fused-ring (bicyclic) bond motifs is 1. The lowest BCUT2D eigenvalue weighted by atomic mass is 9.89. The number of hydrogen-bond acceptors (Lipinski definition) is 4. The molecule has 3 aliphatic rings. The molecule has 0 radical (unpaired) electrons. The Hall–Kier alpha value is -0.910. The molecule has 1 aromatic rings. The number of ether oxygens (including phenoxy) is 1. The van der Waals surface area contributed by atoms with Crippen molar-refractivity contribution in [3.8, 4) is 0 Å². The number of rotatable bonds is 4. The van der Waals surface area contributed by atoms with E-state index in [0.717, 1.165) is 45.4 Å². The molecule has 1 aromatic heterocycles. The molecule has 0 aromatic carbocycles. The van der Waals surface area contributed by atoms with Gasteiger partial charge in [0.15, 0.2) is 0 Å². The first kappa shape index (κ1) is 14.7. The molecular formula is C17H24N2O2S. The van der Waals surface area contributed by atoms with Gasteiger partial charge in [0.1, 0.15) is 0 Å². The van der Waals surface area contributed by atoms with Gasteiger partial charge in [-0.25, -0.2) is 0 Å². The third kappa shape index (κ3) is 3.07. The van der Waals surface area contributed by atoms with Crippen LogP contribution in [0.2, 0.25) is 0 Å². The van der Waals surface area contributed by atoms with Crippen LogP contribution in [0.3, 0.4) is 0 Å². The fourth-order valence-corrected chi connectivity index (χ4v) is 4.66. The highest BCUT2D eigenvalue weighted by Crippen LogP contribution is 2.33. The summed E-state index contributed by atoms with van der Waals surface area (Å²) in [4.78, 5) is 17.7. The number of carbonyl (C=O) groups is 1. The zero-order chi connectivity index (χ0) is 15.1. The summed E-state index contributed by atoms with van der Waals surface area (Å²) in [6.07, 6.45) is 4.54. The molecule has 5 heteroatoms. The molecule has 22 heavy (non-hydrogen) atoms. The number of piperidine rings is 1. The number of hydrogen-bond donors (Lipinski definition) is 1.